The summed E-state index contributed by atoms with van der Waals surface area (Å²) in [6, 6.07) is 9.86. The quantitative estimate of drug-likeness (QED) is 0.442. The van der Waals surface area contributed by atoms with E-state index < -0.39 is 22.7 Å². The fourth-order valence-electron chi connectivity index (χ4n) is 3.45. The Kier molecular flexibility index (Phi) is 4.79. The number of esters is 1. The molecule has 0 unspecified atom stereocenters. The van der Waals surface area contributed by atoms with E-state index in [1.807, 2.05) is 24.3 Å². The molecule has 0 N–H and O–H groups in total. The van der Waals surface area contributed by atoms with Gasteiger partial charge in [-0.2, -0.15) is 0 Å². The monoisotopic (exact) mass is 398 g/mol. The van der Waals surface area contributed by atoms with E-state index in [4.69, 9.17) is 14.2 Å². The van der Waals surface area contributed by atoms with Gasteiger partial charge < -0.3 is 19.1 Å². The third-order valence-corrected chi connectivity index (χ3v) is 4.86. The number of amides is 1. The van der Waals surface area contributed by atoms with Gasteiger partial charge in [0, 0.05) is 18.3 Å². The topological polar surface area (TPSA) is 108 Å². The Bertz CT molecular complexity index is 1000. The molecule has 0 fully saturated rings. The molecule has 0 saturated heterocycles. The molecule has 1 atom stereocenters. The van der Waals surface area contributed by atoms with Gasteiger partial charge in [0.05, 0.1) is 11.0 Å². The molecule has 0 aromatic heterocycles. The van der Waals surface area contributed by atoms with E-state index >= 15 is 0 Å². The first-order valence-electron chi connectivity index (χ1n) is 9.14. The van der Waals surface area contributed by atoms with Gasteiger partial charge >= 0.3 is 5.97 Å². The van der Waals surface area contributed by atoms with Crippen LogP contribution in [0.25, 0.3) is 0 Å². The molecule has 2 aromatic rings. The van der Waals surface area contributed by atoms with Gasteiger partial charge in [0.25, 0.3) is 11.6 Å². The lowest BCUT2D eigenvalue weighted by Crippen LogP contribution is -2.39. The summed E-state index contributed by atoms with van der Waals surface area (Å²) in [6.45, 7) is 2.47. The van der Waals surface area contributed by atoms with E-state index in [1.165, 1.54) is 13.0 Å². The van der Waals surface area contributed by atoms with Crippen molar-refractivity contribution in [2.45, 2.75) is 19.4 Å². The molecule has 0 aliphatic carbocycles. The summed E-state index contributed by atoms with van der Waals surface area (Å²) in [5, 5.41) is 11.4. The third-order valence-electron chi connectivity index (χ3n) is 4.86. The zero-order chi connectivity index (χ0) is 20.5. The number of anilines is 1. The van der Waals surface area contributed by atoms with Crippen molar-refractivity contribution in [1.29, 1.82) is 0 Å². The Morgan fingerprint density at radius 1 is 1.17 bits per heavy atom. The highest BCUT2D eigenvalue weighted by Gasteiger charge is 2.33. The summed E-state index contributed by atoms with van der Waals surface area (Å²) >= 11 is 0. The van der Waals surface area contributed by atoms with Crippen molar-refractivity contribution in [1.82, 2.24) is 0 Å². The SMILES string of the molecule is C[C@H](OC(=O)c1cc2c(cc1[N+](=O)[O-])OCCO2)C(=O)N1CCc2ccccc21. The number of nitrogens with zero attached hydrogens (tertiary/aromatic N) is 2. The number of nitro groups is 1. The second-order valence-electron chi connectivity index (χ2n) is 6.69. The summed E-state index contributed by atoms with van der Waals surface area (Å²) in [5.41, 5.74) is 1.07. The minimum absolute atomic E-state index is 0.192. The first kappa shape index (κ1) is 18.7. The number of carbonyl (C=O) groups excluding carboxylic acids is 2. The van der Waals surface area contributed by atoms with Crippen molar-refractivity contribution in [3.8, 4) is 11.5 Å². The van der Waals surface area contributed by atoms with Gasteiger partial charge in [-0.3, -0.25) is 14.9 Å². The second kappa shape index (κ2) is 7.42. The molecule has 0 saturated carbocycles. The number of carbonyl (C=O) groups is 2. The van der Waals surface area contributed by atoms with Crippen LogP contribution in [0.1, 0.15) is 22.8 Å². The average molecular weight is 398 g/mol. The highest BCUT2D eigenvalue weighted by atomic mass is 16.6. The van der Waals surface area contributed by atoms with Gasteiger partial charge in [-0.05, 0) is 25.0 Å². The molecule has 2 aromatic carbocycles. The van der Waals surface area contributed by atoms with Crippen molar-refractivity contribution in [3.63, 3.8) is 0 Å². The molecule has 0 spiro atoms. The number of nitro benzene ring substituents is 1. The molecule has 0 bridgehead atoms. The average Bonchev–Trinajstić information content (AvgIpc) is 3.16. The maximum Gasteiger partial charge on any atom is 0.346 e. The van der Waals surface area contributed by atoms with Crippen LogP contribution in [0, 0.1) is 10.1 Å². The van der Waals surface area contributed by atoms with Crippen LogP contribution in [0.3, 0.4) is 0 Å². The van der Waals surface area contributed by atoms with Gasteiger partial charge in [-0.25, -0.2) is 4.79 Å². The van der Waals surface area contributed by atoms with Crippen LogP contribution in [0.15, 0.2) is 36.4 Å². The maximum atomic E-state index is 12.8. The van der Waals surface area contributed by atoms with E-state index in [0.29, 0.717) is 6.54 Å². The number of para-hydroxylation sites is 1. The maximum absolute atomic E-state index is 12.8. The van der Waals surface area contributed by atoms with E-state index in [1.54, 1.807) is 4.90 Å². The minimum atomic E-state index is -1.11. The Hall–Kier alpha value is -3.62. The Morgan fingerprint density at radius 3 is 2.59 bits per heavy atom. The largest absolute Gasteiger partial charge is 0.486 e. The normalized spacial score (nSPS) is 15.4. The van der Waals surface area contributed by atoms with E-state index in [-0.39, 0.29) is 36.2 Å². The molecule has 29 heavy (non-hydrogen) atoms. The fourth-order valence-corrected chi connectivity index (χ4v) is 3.45. The predicted molar refractivity (Wildman–Crippen MR) is 101 cm³/mol. The summed E-state index contributed by atoms with van der Waals surface area (Å²) in [6.07, 6.45) is -0.391. The summed E-state index contributed by atoms with van der Waals surface area (Å²) in [7, 11) is 0. The lowest BCUT2D eigenvalue weighted by atomic mass is 10.1. The van der Waals surface area contributed by atoms with Gasteiger partial charge in [0.2, 0.25) is 0 Å². The summed E-state index contributed by atoms with van der Waals surface area (Å²) in [5.74, 6) is -0.941. The molecule has 0 radical (unpaired) electrons. The molecule has 1 amide bonds. The van der Waals surface area contributed by atoms with Crippen molar-refractivity contribution in [2.75, 3.05) is 24.7 Å². The lowest BCUT2D eigenvalue weighted by molar-refractivity contribution is -0.385. The van der Waals surface area contributed by atoms with Gasteiger partial charge in [0.1, 0.15) is 18.8 Å². The summed E-state index contributed by atoms with van der Waals surface area (Å²) < 4.78 is 16.0. The molecular formula is C20H18N2O7. The van der Waals surface area contributed by atoms with Crippen molar-refractivity contribution >= 4 is 23.3 Å². The molecule has 9 heteroatoms. The lowest BCUT2D eigenvalue weighted by Gasteiger charge is -2.22. The number of benzene rings is 2. The van der Waals surface area contributed by atoms with Gasteiger partial charge in [-0.15, -0.1) is 0 Å². The number of hydrogen-bond acceptors (Lipinski definition) is 7. The van der Waals surface area contributed by atoms with Gasteiger partial charge in [-0.1, -0.05) is 18.2 Å². The zero-order valence-electron chi connectivity index (χ0n) is 15.6. The smallest absolute Gasteiger partial charge is 0.346 e. The molecule has 4 rings (SSSR count). The van der Waals surface area contributed by atoms with E-state index in [9.17, 15) is 19.7 Å². The number of ether oxygens (including phenoxy) is 3. The first-order chi connectivity index (χ1) is 14.0. The molecule has 2 heterocycles. The number of rotatable bonds is 4. The molecule has 2 aliphatic rings. The van der Waals surface area contributed by atoms with Crippen LogP contribution < -0.4 is 14.4 Å². The number of fused-ring (bicyclic) bond motifs is 2. The van der Waals surface area contributed by atoms with Crippen molar-refractivity contribution in [2.24, 2.45) is 0 Å². The Labute approximate surface area is 165 Å². The predicted octanol–water partition coefficient (Wildman–Crippen LogP) is 2.50. The van der Waals surface area contributed by atoms with Gasteiger partial charge in [0.15, 0.2) is 17.6 Å². The molecule has 9 nitrogen and oxygen atoms in total. The number of hydrogen-bond donors (Lipinski definition) is 0. The van der Waals surface area contributed by atoms with Crippen molar-refractivity contribution < 1.29 is 28.7 Å². The highest BCUT2D eigenvalue weighted by Crippen LogP contribution is 2.37. The molecule has 150 valence electrons. The van der Waals surface area contributed by atoms with Crippen molar-refractivity contribution in [3.05, 3.63) is 57.6 Å². The van der Waals surface area contributed by atoms with Crippen LogP contribution in [0.5, 0.6) is 11.5 Å². The van der Waals surface area contributed by atoms with Crippen LogP contribution in [0.4, 0.5) is 11.4 Å². The minimum Gasteiger partial charge on any atom is -0.486 e. The van der Waals surface area contributed by atoms with Crippen LogP contribution in [-0.2, 0) is 16.0 Å². The highest BCUT2D eigenvalue weighted by molar-refractivity contribution is 6.01. The fraction of sp³-hybridized carbons (Fsp3) is 0.300. The first-order valence-corrected chi connectivity index (χ1v) is 9.14. The van der Waals surface area contributed by atoms with Crippen LogP contribution in [0.2, 0.25) is 0 Å². The zero-order valence-corrected chi connectivity index (χ0v) is 15.6. The Morgan fingerprint density at radius 2 is 1.86 bits per heavy atom. The van der Waals surface area contributed by atoms with E-state index in [0.717, 1.165) is 23.7 Å². The van der Waals surface area contributed by atoms with Crippen LogP contribution >= 0.6 is 0 Å². The summed E-state index contributed by atoms with van der Waals surface area (Å²) in [4.78, 5) is 37.7. The Balaban J connectivity index is 1.55. The molecular weight excluding hydrogens is 380 g/mol. The standard InChI is InChI=1S/C20H18N2O7/c1-12(19(23)21-7-6-13-4-2-3-5-15(13)21)29-20(24)14-10-17-18(28-9-8-27-17)11-16(14)22(25)26/h2-5,10-12H,6-9H2,1H3/t12-/m0/s1. The second-order valence-corrected chi connectivity index (χ2v) is 6.69. The van der Waals surface area contributed by atoms with E-state index in [2.05, 4.69) is 0 Å². The third kappa shape index (κ3) is 3.46. The van der Waals surface area contributed by atoms with Crippen LogP contribution in [-0.4, -0.2) is 42.7 Å². The molecule has 2 aliphatic heterocycles.